The van der Waals surface area contributed by atoms with E-state index >= 15 is 0 Å². The molecule has 0 spiro atoms. The number of rotatable bonds is 4. The summed E-state index contributed by atoms with van der Waals surface area (Å²) in [5.74, 6) is 1.81. The van der Waals surface area contributed by atoms with Crippen molar-refractivity contribution < 1.29 is 4.52 Å². The van der Waals surface area contributed by atoms with Crippen molar-refractivity contribution in [3.63, 3.8) is 0 Å². The van der Waals surface area contributed by atoms with Crippen LogP contribution in [0.2, 0.25) is 0 Å². The first-order valence-electron chi connectivity index (χ1n) is 5.91. The molecule has 0 aliphatic rings. The van der Waals surface area contributed by atoms with Crippen LogP contribution in [0.15, 0.2) is 4.52 Å². The lowest BCUT2D eigenvalue weighted by atomic mass is 9.95. The number of hydrogen-bond donors (Lipinski definition) is 1. The van der Waals surface area contributed by atoms with Gasteiger partial charge in [-0.15, -0.1) is 0 Å². The molecule has 0 aliphatic carbocycles. The molecular formula is C12H23N3O. The third-order valence-corrected chi connectivity index (χ3v) is 2.93. The summed E-state index contributed by atoms with van der Waals surface area (Å²) in [6.45, 7) is 10.5. The van der Waals surface area contributed by atoms with E-state index in [1.807, 2.05) is 7.05 Å². The Balaban J connectivity index is 2.91. The molecule has 4 heteroatoms. The average molecular weight is 225 g/mol. The third-order valence-electron chi connectivity index (χ3n) is 2.93. The molecular weight excluding hydrogens is 202 g/mol. The minimum absolute atomic E-state index is 0.0527. The molecule has 4 nitrogen and oxygen atoms in total. The van der Waals surface area contributed by atoms with Gasteiger partial charge in [0.05, 0.1) is 5.92 Å². The molecule has 0 saturated carbocycles. The highest BCUT2D eigenvalue weighted by Crippen LogP contribution is 2.25. The first kappa shape index (κ1) is 13.2. The van der Waals surface area contributed by atoms with Gasteiger partial charge in [-0.1, -0.05) is 32.9 Å². The van der Waals surface area contributed by atoms with Crippen LogP contribution >= 0.6 is 0 Å². The standard InChI is InChI=1S/C12H23N3O/c1-7-9(8(2)13-6)10-14-11(15-16-10)12(3,4)5/h8-9,13H,7H2,1-6H3. The lowest BCUT2D eigenvalue weighted by molar-refractivity contribution is 0.316. The van der Waals surface area contributed by atoms with Crippen LogP contribution in [-0.4, -0.2) is 23.2 Å². The van der Waals surface area contributed by atoms with Gasteiger partial charge in [0.25, 0.3) is 0 Å². The molecule has 2 unspecified atom stereocenters. The Bertz CT molecular complexity index is 327. The zero-order valence-corrected chi connectivity index (χ0v) is 11.2. The quantitative estimate of drug-likeness (QED) is 0.855. The molecule has 0 aliphatic heterocycles. The molecule has 0 saturated heterocycles. The van der Waals surface area contributed by atoms with Crippen molar-refractivity contribution in [3.8, 4) is 0 Å². The second-order valence-electron chi connectivity index (χ2n) is 5.30. The van der Waals surface area contributed by atoms with Crippen LogP contribution in [0.4, 0.5) is 0 Å². The van der Waals surface area contributed by atoms with Gasteiger partial charge in [-0.25, -0.2) is 0 Å². The SMILES string of the molecule is CCC(c1nc(C(C)(C)C)no1)C(C)NC. The number of aromatic nitrogens is 2. The molecule has 0 radical (unpaired) electrons. The van der Waals surface area contributed by atoms with Gasteiger partial charge in [0.1, 0.15) is 0 Å². The first-order valence-corrected chi connectivity index (χ1v) is 5.91. The van der Waals surface area contributed by atoms with Gasteiger partial charge in [0.2, 0.25) is 5.89 Å². The summed E-state index contributed by atoms with van der Waals surface area (Å²) in [6.07, 6.45) is 0.994. The fourth-order valence-electron chi connectivity index (χ4n) is 1.63. The van der Waals surface area contributed by atoms with E-state index in [4.69, 9.17) is 4.52 Å². The van der Waals surface area contributed by atoms with Gasteiger partial charge in [0, 0.05) is 11.5 Å². The van der Waals surface area contributed by atoms with Gasteiger partial charge in [-0.3, -0.25) is 0 Å². The molecule has 92 valence electrons. The van der Waals surface area contributed by atoms with E-state index in [1.54, 1.807) is 0 Å². The van der Waals surface area contributed by atoms with E-state index in [-0.39, 0.29) is 11.3 Å². The van der Waals surface area contributed by atoms with E-state index in [0.29, 0.717) is 6.04 Å². The van der Waals surface area contributed by atoms with E-state index in [9.17, 15) is 0 Å². The van der Waals surface area contributed by atoms with E-state index in [2.05, 4.69) is 50.1 Å². The number of likely N-dealkylation sites (N-methyl/N-ethyl adjacent to an activating group) is 1. The Labute approximate surface area is 97.8 Å². The smallest absolute Gasteiger partial charge is 0.231 e. The second-order valence-corrected chi connectivity index (χ2v) is 5.30. The molecule has 16 heavy (non-hydrogen) atoms. The van der Waals surface area contributed by atoms with Crippen molar-refractivity contribution in [2.24, 2.45) is 0 Å². The predicted molar refractivity (Wildman–Crippen MR) is 64.6 cm³/mol. The summed E-state index contributed by atoms with van der Waals surface area (Å²) in [5.41, 5.74) is -0.0527. The zero-order valence-electron chi connectivity index (χ0n) is 11.2. The third kappa shape index (κ3) is 2.82. The van der Waals surface area contributed by atoms with E-state index in [1.165, 1.54) is 0 Å². The van der Waals surface area contributed by atoms with Crippen LogP contribution in [0.25, 0.3) is 0 Å². The van der Waals surface area contributed by atoms with Crippen LogP contribution in [0.1, 0.15) is 58.7 Å². The molecule has 0 amide bonds. The fraction of sp³-hybridized carbons (Fsp3) is 0.833. The maximum absolute atomic E-state index is 5.37. The number of hydrogen-bond acceptors (Lipinski definition) is 4. The van der Waals surface area contributed by atoms with Gasteiger partial charge in [-0.05, 0) is 20.4 Å². The lowest BCUT2D eigenvalue weighted by Gasteiger charge is -2.18. The van der Waals surface area contributed by atoms with Crippen LogP contribution in [0.5, 0.6) is 0 Å². The predicted octanol–water partition coefficient (Wildman–Crippen LogP) is 2.47. The molecule has 1 N–H and O–H groups in total. The lowest BCUT2D eigenvalue weighted by Crippen LogP contribution is -2.28. The molecule has 0 aromatic carbocycles. The van der Waals surface area contributed by atoms with E-state index in [0.717, 1.165) is 18.1 Å². The largest absolute Gasteiger partial charge is 0.339 e. The zero-order chi connectivity index (χ0) is 12.3. The Morgan fingerprint density at radius 2 is 2.00 bits per heavy atom. The second kappa shape index (κ2) is 4.95. The van der Waals surface area contributed by atoms with Crippen molar-refractivity contribution in [1.82, 2.24) is 15.5 Å². The molecule has 0 fully saturated rings. The molecule has 1 aromatic rings. The van der Waals surface area contributed by atoms with E-state index < -0.39 is 0 Å². The van der Waals surface area contributed by atoms with Gasteiger partial charge < -0.3 is 9.84 Å². The Morgan fingerprint density at radius 3 is 2.38 bits per heavy atom. The van der Waals surface area contributed by atoms with Crippen LogP contribution in [0.3, 0.4) is 0 Å². The van der Waals surface area contributed by atoms with Gasteiger partial charge >= 0.3 is 0 Å². The van der Waals surface area contributed by atoms with Crippen molar-refractivity contribution in [2.45, 2.75) is 58.4 Å². The van der Waals surface area contributed by atoms with Crippen LogP contribution < -0.4 is 5.32 Å². The molecule has 0 bridgehead atoms. The number of nitrogens with zero attached hydrogens (tertiary/aromatic N) is 2. The maximum Gasteiger partial charge on any atom is 0.231 e. The van der Waals surface area contributed by atoms with Crippen molar-refractivity contribution in [3.05, 3.63) is 11.7 Å². The summed E-state index contributed by atoms with van der Waals surface area (Å²) >= 11 is 0. The molecule has 2 atom stereocenters. The molecule has 1 heterocycles. The normalized spacial score (nSPS) is 16.1. The summed E-state index contributed by atoms with van der Waals surface area (Å²) in [4.78, 5) is 4.50. The van der Waals surface area contributed by atoms with Crippen molar-refractivity contribution in [2.75, 3.05) is 7.05 Å². The monoisotopic (exact) mass is 225 g/mol. The summed E-state index contributed by atoms with van der Waals surface area (Å²) in [7, 11) is 1.95. The first-order chi connectivity index (χ1) is 7.40. The Morgan fingerprint density at radius 1 is 1.38 bits per heavy atom. The highest BCUT2D eigenvalue weighted by molar-refractivity contribution is 5.04. The van der Waals surface area contributed by atoms with Crippen LogP contribution in [0, 0.1) is 0 Å². The fourth-order valence-corrected chi connectivity index (χ4v) is 1.63. The minimum atomic E-state index is -0.0527. The highest BCUT2D eigenvalue weighted by atomic mass is 16.5. The minimum Gasteiger partial charge on any atom is -0.339 e. The van der Waals surface area contributed by atoms with Crippen molar-refractivity contribution in [1.29, 1.82) is 0 Å². The number of nitrogens with one attached hydrogen (secondary N) is 1. The van der Waals surface area contributed by atoms with Gasteiger partial charge in [0.15, 0.2) is 5.82 Å². The topological polar surface area (TPSA) is 51.0 Å². The summed E-state index contributed by atoms with van der Waals surface area (Å²) in [6, 6.07) is 0.346. The Kier molecular flexibility index (Phi) is 4.08. The summed E-state index contributed by atoms with van der Waals surface area (Å²) < 4.78 is 5.37. The van der Waals surface area contributed by atoms with Crippen molar-refractivity contribution >= 4 is 0 Å². The Hall–Kier alpha value is -0.900. The molecule has 1 aromatic heterocycles. The van der Waals surface area contributed by atoms with Crippen LogP contribution in [-0.2, 0) is 5.41 Å². The average Bonchev–Trinajstić information content (AvgIpc) is 2.67. The maximum atomic E-state index is 5.37. The van der Waals surface area contributed by atoms with Gasteiger partial charge in [-0.2, -0.15) is 4.98 Å². The highest BCUT2D eigenvalue weighted by Gasteiger charge is 2.26. The molecule has 1 rings (SSSR count). The summed E-state index contributed by atoms with van der Waals surface area (Å²) in [5, 5.41) is 7.29.